The molecule has 126 valence electrons. The Labute approximate surface area is 156 Å². The van der Waals surface area contributed by atoms with E-state index in [2.05, 4.69) is 43.0 Å². The van der Waals surface area contributed by atoms with Crippen LogP contribution in [0.3, 0.4) is 0 Å². The van der Waals surface area contributed by atoms with Crippen molar-refractivity contribution in [3.63, 3.8) is 0 Å². The van der Waals surface area contributed by atoms with Crippen LogP contribution in [-0.2, 0) is 0 Å². The standard InChI is InChI=1S/C18H14BrN3O2S/c1-23-14-7-12-13(8-15(14)24-2)22-17-16(12)20-9-21-18(17)25-11-5-3-10(19)4-6-11/h3-9,22H,1-2H3. The van der Waals surface area contributed by atoms with Crippen LogP contribution in [0.1, 0.15) is 0 Å². The minimum atomic E-state index is 0.677. The average Bonchev–Trinajstić information content (AvgIpc) is 3.01. The molecule has 0 saturated heterocycles. The lowest BCUT2D eigenvalue weighted by Crippen LogP contribution is -1.89. The predicted octanol–water partition coefficient (Wildman–Crippen LogP) is 5.04. The summed E-state index contributed by atoms with van der Waals surface area (Å²) in [5, 5.41) is 1.86. The van der Waals surface area contributed by atoms with Crippen LogP contribution in [0.25, 0.3) is 21.9 Å². The van der Waals surface area contributed by atoms with Crippen LogP contribution < -0.4 is 9.47 Å². The third-order valence-electron chi connectivity index (χ3n) is 3.88. The van der Waals surface area contributed by atoms with E-state index in [0.29, 0.717) is 11.5 Å². The molecule has 1 N–H and O–H groups in total. The van der Waals surface area contributed by atoms with Gasteiger partial charge in [-0.3, -0.25) is 0 Å². The van der Waals surface area contributed by atoms with Crippen molar-refractivity contribution in [3.05, 3.63) is 47.2 Å². The fraction of sp³-hybridized carbons (Fsp3) is 0.111. The molecule has 4 aromatic rings. The van der Waals surface area contributed by atoms with Gasteiger partial charge >= 0.3 is 0 Å². The van der Waals surface area contributed by atoms with Gasteiger partial charge < -0.3 is 14.5 Å². The first-order chi connectivity index (χ1) is 12.2. The molecule has 0 spiro atoms. The molecular formula is C18H14BrN3O2S. The van der Waals surface area contributed by atoms with Crippen molar-refractivity contribution in [1.29, 1.82) is 0 Å². The van der Waals surface area contributed by atoms with Gasteiger partial charge in [0.2, 0.25) is 0 Å². The zero-order chi connectivity index (χ0) is 17.4. The maximum Gasteiger partial charge on any atom is 0.162 e. The first-order valence-electron chi connectivity index (χ1n) is 7.51. The maximum atomic E-state index is 5.41. The van der Waals surface area contributed by atoms with Gasteiger partial charge in [-0.05, 0) is 30.3 Å². The highest BCUT2D eigenvalue weighted by molar-refractivity contribution is 9.10. The van der Waals surface area contributed by atoms with Crippen LogP contribution in [0.4, 0.5) is 0 Å². The number of halogens is 1. The molecule has 0 aliphatic rings. The molecule has 2 aromatic carbocycles. The van der Waals surface area contributed by atoms with E-state index in [-0.39, 0.29) is 0 Å². The van der Waals surface area contributed by atoms with E-state index in [9.17, 15) is 0 Å². The van der Waals surface area contributed by atoms with E-state index in [1.165, 1.54) is 0 Å². The quantitative estimate of drug-likeness (QED) is 0.473. The van der Waals surface area contributed by atoms with E-state index in [4.69, 9.17) is 9.47 Å². The predicted molar refractivity (Wildman–Crippen MR) is 103 cm³/mol. The Morgan fingerprint density at radius 2 is 1.72 bits per heavy atom. The summed E-state index contributed by atoms with van der Waals surface area (Å²) in [4.78, 5) is 13.4. The molecule has 0 unspecified atom stereocenters. The van der Waals surface area contributed by atoms with Crippen LogP contribution in [0.15, 0.2) is 57.1 Å². The number of nitrogens with zero attached hydrogens (tertiary/aromatic N) is 2. The molecule has 0 amide bonds. The highest BCUT2D eigenvalue weighted by atomic mass is 79.9. The number of nitrogens with one attached hydrogen (secondary N) is 1. The topological polar surface area (TPSA) is 60.0 Å². The lowest BCUT2D eigenvalue weighted by Gasteiger charge is -2.06. The zero-order valence-electron chi connectivity index (χ0n) is 13.5. The van der Waals surface area contributed by atoms with E-state index in [1.54, 1.807) is 32.3 Å². The summed E-state index contributed by atoms with van der Waals surface area (Å²) in [6.07, 6.45) is 1.59. The van der Waals surface area contributed by atoms with Crippen LogP contribution >= 0.6 is 27.7 Å². The number of H-pyrrole nitrogens is 1. The van der Waals surface area contributed by atoms with Gasteiger partial charge in [-0.25, -0.2) is 9.97 Å². The minimum Gasteiger partial charge on any atom is -0.493 e. The molecule has 0 bridgehead atoms. The second kappa shape index (κ2) is 6.57. The van der Waals surface area contributed by atoms with E-state index in [0.717, 1.165) is 36.3 Å². The van der Waals surface area contributed by atoms with Crippen LogP contribution in [0.5, 0.6) is 11.5 Å². The Morgan fingerprint density at radius 1 is 1.00 bits per heavy atom. The largest absolute Gasteiger partial charge is 0.493 e. The van der Waals surface area contributed by atoms with Crippen molar-refractivity contribution in [1.82, 2.24) is 15.0 Å². The number of methoxy groups -OCH3 is 2. The Kier molecular flexibility index (Phi) is 4.27. The van der Waals surface area contributed by atoms with Crippen LogP contribution in [-0.4, -0.2) is 29.2 Å². The number of fused-ring (bicyclic) bond motifs is 3. The van der Waals surface area contributed by atoms with E-state index < -0.39 is 0 Å². The van der Waals surface area contributed by atoms with Crippen molar-refractivity contribution < 1.29 is 9.47 Å². The van der Waals surface area contributed by atoms with Crippen molar-refractivity contribution in [2.24, 2.45) is 0 Å². The summed E-state index contributed by atoms with van der Waals surface area (Å²) < 4.78 is 11.8. The van der Waals surface area contributed by atoms with Crippen molar-refractivity contribution in [2.75, 3.05) is 14.2 Å². The Hall–Kier alpha value is -2.25. The van der Waals surface area contributed by atoms with Gasteiger partial charge in [-0.15, -0.1) is 0 Å². The van der Waals surface area contributed by atoms with Crippen LogP contribution in [0, 0.1) is 0 Å². The van der Waals surface area contributed by atoms with Gasteiger partial charge in [0, 0.05) is 20.8 Å². The first-order valence-corrected chi connectivity index (χ1v) is 9.12. The summed E-state index contributed by atoms with van der Waals surface area (Å²) in [6.45, 7) is 0. The molecule has 7 heteroatoms. The normalized spacial score (nSPS) is 11.2. The third-order valence-corrected chi connectivity index (χ3v) is 5.42. The molecule has 2 heterocycles. The molecule has 0 radical (unpaired) electrons. The van der Waals surface area contributed by atoms with Gasteiger partial charge in [0.25, 0.3) is 0 Å². The Morgan fingerprint density at radius 3 is 2.44 bits per heavy atom. The van der Waals surface area contributed by atoms with Crippen molar-refractivity contribution in [3.8, 4) is 11.5 Å². The monoisotopic (exact) mass is 415 g/mol. The Bertz CT molecular complexity index is 1060. The molecular weight excluding hydrogens is 402 g/mol. The van der Waals surface area contributed by atoms with Crippen molar-refractivity contribution >= 4 is 49.6 Å². The third kappa shape index (κ3) is 2.94. The van der Waals surface area contributed by atoms with Gasteiger partial charge in [0.1, 0.15) is 16.9 Å². The highest BCUT2D eigenvalue weighted by Gasteiger charge is 2.15. The molecule has 0 saturated carbocycles. The SMILES string of the molecule is COc1cc2[nH]c3c(Sc4ccc(Br)cc4)ncnc3c2cc1OC. The lowest BCUT2D eigenvalue weighted by atomic mass is 10.2. The number of aromatic nitrogens is 3. The van der Waals surface area contributed by atoms with Crippen LogP contribution in [0.2, 0.25) is 0 Å². The summed E-state index contributed by atoms with van der Waals surface area (Å²) in [5.41, 5.74) is 2.71. The smallest absolute Gasteiger partial charge is 0.162 e. The number of ether oxygens (including phenoxy) is 2. The fourth-order valence-electron chi connectivity index (χ4n) is 2.69. The molecule has 25 heavy (non-hydrogen) atoms. The van der Waals surface area contributed by atoms with Gasteiger partial charge in [0.15, 0.2) is 11.5 Å². The summed E-state index contributed by atoms with van der Waals surface area (Å²) in [7, 11) is 3.25. The Balaban J connectivity index is 1.87. The number of benzene rings is 2. The second-order valence-electron chi connectivity index (χ2n) is 5.34. The molecule has 0 aliphatic carbocycles. The lowest BCUT2D eigenvalue weighted by molar-refractivity contribution is 0.356. The van der Waals surface area contributed by atoms with Gasteiger partial charge in [0.05, 0.1) is 25.3 Å². The first kappa shape index (κ1) is 16.2. The van der Waals surface area contributed by atoms with Gasteiger partial charge in [-0.2, -0.15) is 0 Å². The molecule has 4 rings (SSSR count). The summed E-state index contributed by atoms with van der Waals surface area (Å²) in [6, 6.07) is 12.0. The molecule has 2 aromatic heterocycles. The molecule has 0 fully saturated rings. The number of hydrogen-bond donors (Lipinski definition) is 1. The number of hydrogen-bond acceptors (Lipinski definition) is 5. The minimum absolute atomic E-state index is 0.677. The summed E-state index contributed by atoms with van der Waals surface area (Å²) in [5.74, 6) is 1.35. The highest BCUT2D eigenvalue weighted by Crippen LogP contribution is 2.38. The molecule has 0 aliphatic heterocycles. The van der Waals surface area contributed by atoms with Crippen molar-refractivity contribution in [2.45, 2.75) is 9.92 Å². The second-order valence-corrected chi connectivity index (χ2v) is 7.31. The molecule has 0 atom stereocenters. The molecule has 5 nitrogen and oxygen atoms in total. The van der Waals surface area contributed by atoms with E-state index >= 15 is 0 Å². The zero-order valence-corrected chi connectivity index (χ0v) is 15.9. The van der Waals surface area contributed by atoms with E-state index in [1.807, 2.05) is 24.3 Å². The average molecular weight is 416 g/mol. The van der Waals surface area contributed by atoms with Gasteiger partial charge in [-0.1, -0.05) is 27.7 Å². The number of rotatable bonds is 4. The summed E-state index contributed by atoms with van der Waals surface area (Å²) >= 11 is 5.05. The maximum absolute atomic E-state index is 5.41. The fourth-order valence-corrected chi connectivity index (χ4v) is 3.80. The number of aromatic amines is 1.